The first-order chi connectivity index (χ1) is 19.4. The number of likely N-dealkylation sites (tertiary alicyclic amines) is 2. The number of benzene rings is 3. The van der Waals surface area contributed by atoms with Crippen LogP contribution in [0.3, 0.4) is 0 Å². The summed E-state index contributed by atoms with van der Waals surface area (Å²) in [5, 5.41) is 1.15. The molecule has 42 heavy (non-hydrogen) atoms. The van der Waals surface area contributed by atoms with E-state index >= 15 is 0 Å². The number of halogens is 4. The zero-order valence-electron chi connectivity index (χ0n) is 24.2. The molecule has 8 heteroatoms. The van der Waals surface area contributed by atoms with Crippen molar-refractivity contribution in [2.45, 2.75) is 50.4 Å². The van der Waals surface area contributed by atoms with Crippen molar-refractivity contribution in [2.75, 3.05) is 39.3 Å². The summed E-state index contributed by atoms with van der Waals surface area (Å²) in [6.45, 7) is 5.45. The average Bonchev–Trinajstić information content (AvgIpc) is 3.00. The molecule has 0 spiro atoms. The number of hydrogen-bond acceptors (Lipinski definition) is 3. The van der Waals surface area contributed by atoms with Gasteiger partial charge in [-0.25, -0.2) is 0 Å². The van der Waals surface area contributed by atoms with Gasteiger partial charge in [0.1, 0.15) is 0 Å². The van der Waals surface area contributed by atoms with Gasteiger partial charge in [0.15, 0.2) is 0 Å². The van der Waals surface area contributed by atoms with Crippen LogP contribution in [0, 0.1) is 5.41 Å². The predicted molar refractivity (Wildman–Crippen MR) is 181 cm³/mol. The summed E-state index contributed by atoms with van der Waals surface area (Å²) in [5.74, 6) is 0.109. The minimum Gasteiger partial charge on any atom is -0.338 e. The van der Waals surface area contributed by atoms with Crippen molar-refractivity contribution in [1.82, 2.24) is 9.80 Å². The molecule has 0 saturated carbocycles. The molecule has 2 saturated heterocycles. The summed E-state index contributed by atoms with van der Waals surface area (Å²) in [4.78, 5) is 18.1. The topological polar surface area (TPSA) is 49.6 Å². The van der Waals surface area contributed by atoms with Gasteiger partial charge >= 0.3 is 0 Å². The second kappa shape index (κ2) is 15.8. The quantitative estimate of drug-likeness (QED) is 0.255. The normalized spacial score (nSPS) is 20.3. The lowest BCUT2D eigenvalue weighted by atomic mass is 9.70. The van der Waals surface area contributed by atoms with Gasteiger partial charge in [0.2, 0.25) is 0 Å². The molecule has 2 heterocycles. The molecule has 0 aliphatic carbocycles. The molecule has 2 N–H and O–H groups in total. The first-order valence-electron chi connectivity index (χ1n) is 14.7. The highest BCUT2D eigenvalue weighted by Gasteiger charge is 2.39. The molecule has 4 nitrogen and oxygen atoms in total. The molecule has 228 valence electrons. The SMILES string of the molecule is Cl.Cl.NCC1(Cc2ccccc2)CCN(CCCC2(c3ccc(Cl)c(Cl)c3)CCCN(C(=O)c3ccccc3)C2)CC1. The maximum Gasteiger partial charge on any atom is 0.253 e. The van der Waals surface area contributed by atoms with E-state index in [2.05, 4.69) is 41.3 Å². The van der Waals surface area contributed by atoms with Crippen LogP contribution in [-0.4, -0.2) is 55.0 Å². The van der Waals surface area contributed by atoms with E-state index in [9.17, 15) is 4.79 Å². The van der Waals surface area contributed by atoms with E-state index in [1.807, 2.05) is 47.4 Å². The Hall–Kier alpha value is -1.79. The molecule has 0 bridgehead atoms. The van der Waals surface area contributed by atoms with Crippen LogP contribution in [0.25, 0.3) is 0 Å². The van der Waals surface area contributed by atoms with E-state index in [1.165, 1.54) is 11.1 Å². The fourth-order valence-corrected chi connectivity index (χ4v) is 7.15. The Labute approximate surface area is 273 Å². The van der Waals surface area contributed by atoms with Crippen molar-refractivity contribution < 1.29 is 4.79 Å². The summed E-state index contributed by atoms with van der Waals surface area (Å²) in [6, 6.07) is 26.5. The molecular formula is C34H43Cl4N3O. The summed E-state index contributed by atoms with van der Waals surface area (Å²) in [5.41, 5.74) is 9.73. The van der Waals surface area contributed by atoms with Gasteiger partial charge in [-0.15, -0.1) is 24.8 Å². The second-order valence-electron chi connectivity index (χ2n) is 11.9. The van der Waals surface area contributed by atoms with Gasteiger partial charge in [-0.3, -0.25) is 4.79 Å². The molecule has 2 fully saturated rings. The second-order valence-corrected chi connectivity index (χ2v) is 12.7. The highest BCUT2D eigenvalue weighted by atomic mass is 35.5. The number of nitrogens with two attached hydrogens (primary N) is 1. The summed E-state index contributed by atoms with van der Waals surface area (Å²) in [7, 11) is 0. The fourth-order valence-electron chi connectivity index (χ4n) is 6.85. The zero-order valence-corrected chi connectivity index (χ0v) is 27.3. The Morgan fingerprint density at radius 2 is 1.50 bits per heavy atom. The van der Waals surface area contributed by atoms with Crippen LogP contribution in [0.1, 0.15) is 60.0 Å². The van der Waals surface area contributed by atoms with Gasteiger partial charge in [-0.05, 0) is 112 Å². The van der Waals surface area contributed by atoms with E-state index in [-0.39, 0.29) is 41.6 Å². The number of rotatable bonds is 9. The zero-order chi connectivity index (χ0) is 28.0. The Morgan fingerprint density at radius 1 is 0.833 bits per heavy atom. The average molecular weight is 652 g/mol. The van der Waals surface area contributed by atoms with Crippen molar-refractivity contribution in [3.63, 3.8) is 0 Å². The van der Waals surface area contributed by atoms with Gasteiger partial charge < -0.3 is 15.5 Å². The molecule has 2 aliphatic heterocycles. The van der Waals surface area contributed by atoms with Gasteiger partial charge in [0.05, 0.1) is 10.0 Å². The third kappa shape index (κ3) is 8.22. The number of hydrogen-bond donors (Lipinski definition) is 1. The van der Waals surface area contributed by atoms with Gasteiger partial charge in [0.25, 0.3) is 5.91 Å². The van der Waals surface area contributed by atoms with Crippen molar-refractivity contribution >= 4 is 53.9 Å². The largest absolute Gasteiger partial charge is 0.338 e. The third-order valence-electron chi connectivity index (χ3n) is 9.32. The van der Waals surface area contributed by atoms with E-state index in [4.69, 9.17) is 28.9 Å². The number of carbonyl (C=O) groups is 1. The highest BCUT2D eigenvalue weighted by Crippen LogP contribution is 2.41. The first kappa shape index (κ1) is 34.7. The lowest BCUT2D eigenvalue weighted by Gasteiger charge is -2.45. The molecular weight excluding hydrogens is 608 g/mol. The van der Waals surface area contributed by atoms with Crippen LogP contribution in [0.4, 0.5) is 0 Å². The van der Waals surface area contributed by atoms with Crippen LogP contribution in [0.15, 0.2) is 78.9 Å². The molecule has 2 aliphatic rings. The molecule has 0 aromatic heterocycles. The number of piperidine rings is 2. The van der Waals surface area contributed by atoms with Crippen LogP contribution in [0.2, 0.25) is 10.0 Å². The Kier molecular flexibility index (Phi) is 13.0. The van der Waals surface area contributed by atoms with Crippen molar-refractivity contribution in [3.8, 4) is 0 Å². The lowest BCUT2D eigenvalue weighted by Crippen LogP contribution is -2.49. The maximum absolute atomic E-state index is 13.4. The van der Waals surface area contributed by atoms with Crippen LogP contribution in [0.5, 0.6) is 0 Å². The van der Waals surface area contributed by atoms with Crippen molar-refractivity contribution in [3.05, 3.63) is 106 Å². The minimum atomic E-state index is -0.138. The summed E-state index contributed by atoms with van der Waals surface area (Å²) < 4.78 is 0. The smallest absolute Gasteiger partial charge is 0.253 e. The molecule has 1 unspecified atom stereocenters. The molecule has 1 atom stereocenters. The van der Waals surface area contributed by atoms with Crippen LogP contribution >= 0.6 is 48.0 Å². The maximum atomic E-state index is 13.4. The van der Waals surface area contributed by atoms with Crippen molar-refractivity contribution in [2.24, 2.45) is 11.1 Å². The van der Waals surface area contributed by atoms with Gasteiger partial charge in [-0.2, -0.15) is 0 Å². The molecule has 3 aromatic rings. The number of carbonyl (C=O) groups excluding carboxylic acids is 1. The molecule has 3 aromatic carbocycles. The summed E-state index contributed by atoms with van der Waals surface area (Å²) >= 11 is 12.8. The monoisotopic (exact) mass is 649 g/mol. The molecule has 0 radical (unpaired) electrons. The Bertz CT molecular complexity index is 1270. The Balaban J connectivity index is 0.00000242. The first-order valence-corrected chi connectivity index (χ1v) is 15.4. The predicted octanol–water partition coefficient (Wildman–Crippen LogP) is 8.07. The standard InChI is InChI=1S/C34H41Cl2N3O.2ClH/c35-30-14-13-29(23-31(30)36)34(16-8-20-39(26-34)32(40)28-11-5-2-6-12-28)15-7-19-38-21-17-33(25-37,18-22-38)24-27-9-3-1-4-10-27;;/h1-6,9-14,23H,7-8,15-22,24-26,37H2;2*1H. The van der Waals surface area contributed by atoms with Crippen LogP contribution < -0.4 is 5.73 Å². The minimum absolute atomic E-state index is 0. The van der Waals surface area contributed by atoms with Crippen LogP contribution in [-0.2, 0) is 11.8 Å². The van der Waals surface area contributed by atoms with Gasteiger partial charge in [-0.1, -0.05) is 77.8 Å². The Morgan fingerprint density at radius 3 is 2.14 bits per heavy atom. The van der Waals surface area contributed by atoms with E-state index in [0.717, 1.165) is 83.2 Å². The summed E-state index contributed by atoms with van der Waals surface area (Å²) in [6.07, 6.45) is 7.42. The van der Waals surface area contributed by atoms with E-state index < -0.39 is 0 Å². The van der Waals surface area contributed by atoms with Gasteiger partial charge in [0, 0.05) is 24.1 Å². The number of nitrogens with zero attached hydrogens (tertiary/aromatic N) is 2. The lowest BCUT2D eigenvalue weighted by molar-refractivity contribution is 0.0612. The highest BCUT2D eigenvalue weighted by molar-refractivity contribution is 6.42. The van der Waals surface area contributed by atoms with E-state index in [0.29, 0.717) is 16.6 Å². The molecule has 5 rings (SSSR count). The van der Waals surface area contributed by atoms with E-state index in [1.54, 1.807) is 0 Å². The molecule has 1 amide bonds. The van der Waals surface area contributed by atoms with Crippen molar-refractivity contribution in [1.29, 1.82) is 0 Å². The number of amides is 1. The fraction of sp³-hybridized carbons (Fsp3) is 0.441. The third-order valence-corrected chi connectivity index (χ3v) is 10.1.